The van der Waals surface area contributed by atoms with Gasteiger partial charge in [0.25, 0.3) is 0 Å². The Bertz CT molecular complexity index is 835. The number of carbonyl (C=O) groups excluding carboxylic acids is 2. The lowest BCUT2D eigenvalue weighted by molar-refractivity contribution is -0.116. The third-order valence-corrected chi connectivity index (χ3v) is 4.27. The van der Waals surface area contributed by atoms with E-state index in [1.165, 1.54) is 12.1 Å². The molecule has 6 heteroatoms. The van der Waals surface area contributed by atoms with Crippen molar-refractivity contribution in [1.29, 1.82) is 0 Å². The molecule has 0 aliphatic carbocycles. The van der Waals surface area contributed by atoms with Crippen LogP contribution < -0.4 is 15.5 Å². The summed E-state index contributed by atoms with van der Waals surface area (Å²) in [7, 11) is 0. The molecule has 0 bridgehead atoms. The van der Waals surface area contributed by atoms with Crippen LogP contribution in [0.15, 0.2) is 36.4 Å². The number of nitrogens with one attached hydrogen (secondary N) is 2. The molecular formula is C19H20FN3O2. The molecule has 0 fully saturated rings. The minimum absolute atomic E-state index is 0.0226. The maximum Gasteiger partial charge on any atom is 0.243 e. The van der Waals surface area contributed by atoms with E-state index in [1.807, 2.05) is 12.1 Å². The number of halogens is 1. The molecule has 0 saturated heterocycles. The van der Waals surface area contributed by atoms with Gasteiger partial charge in [0.1, 0.15) is 5.82 Å². The standard InChI is InChI=1S/C19H20FN3O2/c1-12-9-15(20)3-5-17(12)21-11-19(25)22-16-4-6-18-14(10-16)7-8-23(18)13(2)24/h3-6,9-10,21H,7-8,11H2,1-2H3,(H,22,25). The van der Waals surface area contributed by atoms with Gasteiger partial charge in [-0.25, -0.2) is 4.39 Å². The SMILES string of the molecule is CC(=O)N1CCc2cc(NC(=O)CNc3ccc(F)cc3C)ccc21. The predicted octanol–water partition coefficient (Wildman–Crippen LogP) is 3.09. The number of rotatable bonds is 4. The Labute approximate surface area is 145 Å². The van der Waals surface area contributed by atoms with E-state index < -0.39 is 0 Å². The van der Waals surface area contributed by atoms with Crippen molar-refractivity contribution in [1.82, 2.24) is 0 Å². The summed E-state index contributed by atoms with van der Waals surface area (Å²) < 4.78 is 13.1. The van der Waals surface area contributed by atoms with Gasteiger partial charge in [0, 0.05) is 30.5 Å². The maximum absolute atomic E-state index is 13.1. The van der Waals surface area contributed by atoms with Crippen LogP contribution in [0, 0.1) is 12.7 Å². The normalized spacial score (nSPS) is 12.7. The zero-order chi connectivity index (χ0) is 18.0. The van der Waals surface area contributed by atoms with Crippen LogP contribution in [0.4, 0.5) is 21.5 Å². The number of nitrogens with zero attached hydrogens (tertiary/aromatic N) is 1. The number of benzene rings is 2. The molecule has 0 unspecified atom stereocenters. The maximum atomic E-state index is 13.1. The molecule has 25 heavy (non-hydrogen) atoms. The Morgan fingerprint density at radius 2 is 2.00 bits per heavy atom. The van der Waals surface area contributed by atoms with E-state index in [-0.39, 0.29) is 24.2 Å². The molecule has 1 aliphatic rings. The highest BCUT2D eigenvalue weighted by Crippen LogP contribution is 2.30. The van der Waals surface area contributed by atoms with Gasteiger partial charge >= 0.3 is 0 Å². The average molecular weight is 341 g/mol. The molecule has 2 amide bonds. The van der Waals surface area contributed by atoms with E-state index in [0.29, 0.717) is 12.2 Å². The van der Waals surface area contributed by atoms with Crippen LogP contribution in [0.25, 0.3) is 0 Å². The Morgan fingerprint density at radius 1 is 1.20 bits per heavy atom. The fraction of sp³-hybridized carbons (Fsp3) is 0.263. The second kappa shape index (κ2) is 6.93. The van der Waals surface area contributed by atoms with Crippen LogP contribution in [0.5, 0.6) is 0 Å². The molecule has 1 aliphatic heterocycles. The van der Waals surface area contributed by atoms with Crippen molar-refractivity contribution in [3.63, 3.8) is 0 Å². The minimum Gasteiger partial charge on any atom is -0.376 e. The first-order chi connectivity index (χ1) is 11.9. The summed E-state index contributed by atoms with van der Waals surface area (Å²) in [4.78, 5) is 25.4. The molecule has 0 atom stereocenters. The van der Waals surface area contributed by atoms with Crippen LogP contribution in [0.3, 0.4) is 0 Å². The number of aryl methyl sites for hydroxylation is 1. The molecule has 2 aromatic carbocycles. The van der Waals surface area contributed by atoms with Crippen LogP contribution in [-0.2, 0) is 16.0 Å². The molecule has 130 valence electrons. The molecule has 0 radical (unpaired) electrons. The van der Waals surface area contributed by atoms with Gasteiger partial charge in [-0.3, -0.25) is 9.59 Å². The van der Waals surface area contributed by atoms with Crippen molar-refractivity contribution in [2.24, 2.45) is 0 Å². The zero-order valence-corrected chi connectivity index (χ0v) is 14.2. The van der Waals surface area contributed by atoms with Crippen molar-refractivity contribution in [3.05, 3.63) is 53.3 Å². The molecule has 1 heterocycles. The quantitative estimate of drug-likeness (QED) is 0.898. The zero-order valence-electron chi connectivity index (χ0n) is 14.2. The fourth-order valence-electron chi connectivity index (χ4n) is 3.01. The van der Waals surface area contributed by atoms with Crippen LogP contribution in [-0.4, -0.2) is 24.9 Å². The van der Waals surface area contributed by atoms with Crippen molar-refractivity contribution in [2.45, 2.75) is 20.3 Å². The van der Waals surface area contributed by atoms with Gasteiger partial charge in [-0.1, -0.05) is 0 Å². The van der Waals surface area contributed by atoms with E-state index in [9.17, 15) is 14.0 Å². The molecule has 0 spiro atoms. The van der Waals surface area contributed by atoms with Crippen molar-refractivity contribution < 1.29 is 14.0 Å². The highest BCUT2D eigenvalue weighted by Gasteiger charge is 2.22. The van der Waals surface area contributed by atoms with Gasteiger partial charge in [-0.05, 0) is 60.9 Å². The summed E-state index contributed by atoms with van der Waals surface area (Å²) in [5, 5.41) is 5.84. The fourth-order valence-corrected chi connectivity index (χ4v) is 3.01. The Balaban J connectivity index is 1.61. The van der Waals surface area contributed by atoms with E-state index in [0.717, 1.165) is 28.9 Å². The van der Waals surface area contributed by atoms with Gasteiger partial charge < -0.3 is 15.5 Å². The third-order valence-electron chi connectivity index (χ3n) is 4.27. The number of amides is 2. The Hall–Kier alpha value is -2.89. The number of fused-ring (bicyclic) bond motifs is 1. The van der Waals surface area contributed by atoms with Gasteiger partial charge in [0.05, 0.1) is 6.54 Å². The molecule has 3 rings (SSSR count). The van der Waals surface area contributed by atoms with E-state index in [4.69, 9.17) is 0 Å². The van der Waals surface area contributed by atoms with Crippen LogP contribution in [0.1, 0.15) is 18.1 Å². The van der Waals surface area contributed by atoms with E-state index in [2.05, 4.69) is 10.6 Å². The number of carbonyl (C=O) groups is 2. The predicted molar refractivity (Wildman–Crippen MR) is 96.4 cm³/mol. The van der Waals surface area contributed by atoms with E-state index in [1.54, 1.807) is 30.9 Å². The summed E-state index contributed by atoms with van der Waals surface area (Å²) in [6.45, 7) is 4.09. The average Bonchev–Trinajstić information content (AvgIpc) is 2.97. The largest absolute Gasteiger partial charge is 0.376 e. The highest BCUT2D eigenvalue weighted by molar-refractivity contribution is 5.96. The lowest BCUT2D eigenvalue weighted by Gasteiger charge is -2.15. The highest BCUT2D eigenvalue weighted by atomic mass is 19.1. The Morgan fingerprint density at radius 3 is 2.72 bits per heavy atom. The molecular weight excluding hydrogens is 321 g/mol. The molecule has 5 nitrogen and oxygen atoms in total. The minimum atomic E-state index is -0.301. The first kappa shape index (κ1) is 17.0. The second-order valence-corrected chi connectivity index (χ2v) is 6.13. The summed E-state index contributed by atoms with van der Waals surface area (Å²) in [6, 6.07) is 9.94. The van der Waals surface area contributed by atoms with Gasteiger partial charge in [-0.15, -0.1) is 0 Å². The summed E-state index contributed by atoms with van der Waals surface area (Å²) in [5.74, 6) is -0.468. The van der Waals surface area contributed by atoms with Crippen molar-refractivity contribution in [3.8, 4) is 0 Å². The van der Waals surface area contributed by atoms with E-state index >= 15 is 0 Å². The lowest BCUT2D eigenvalue weighted by atomic mass is 10.1. The topological polar surface area (TPSA) is 61.4 Å². The third kappa shape index (κ3) is 3.79. The molecule has 2 N–H and O–H groups in total. The summed E-state index contributed by atoms with van der Waals surface area (Å²) in [5.41, 5.74) is 4.13. The molecule has 2 aromatic rings. The van der Waals surface area contributed by atoms with Crippen molar-refractivity contribution in [2.75, 3.05) is 28.6 Å². The number of hydrogen-bond acceptors (Lipinski definition) is 3. The van der Waals surface area contributed by atoms with Gasteiger partial charge in [0.15, 0.2) is 0 Å². The smallest absolute Gasteiger partial charge is 0.243 e. The number of anilines is 3. The summed E-state index contributed by atoms with van der Waals surface area (Å²) >= 11 is 0. The first-order valence-corrected chi connectivity index (χ1v) is 8.15. The van der Waals surface area contributed by atoms with Gasteiger partial charge in [0.2, 0.25) is 11.8 Å². The first-order valence-electron chi connectivity index (χ1n) is 8.15. The van der Waals surface area contributed by atoms with Crippen LogP contribution in [0.2, 0.25) is 0 Å². The van der Waals surface area contributed by atoms with Gasteiger partial charge in [-0.2, -0.15) is 0 Å². The van der Waals surface area contributed by atoms with Crippen LogP contribution >= 0.6 is 0 Å². The summed E-state index contributed by atoms with van der Waals surface area (Å²) in [6.07, 6.45) is 0.783. The second-order valence-electron chi connectivity index (χ2n) is 6.13. The van der Waals surface area contributed by atoms with Crippen molar-refractivity contribution >= 4 is 28.9 Å². The molecule has 0 aromatic heterocycles. The number of hydrogen-bond donors (Lipinski definition) is 2. The lowest BCUT2D eigenvalue weighted by Crippen LogP contribution is -2.25. The Kier molecular flexibility index (Phi) is 4.70. The monoisotopic (exact) mass is 341 g/mol. The molecule has 0 saturated carbocycles.